The highest BCUT2D eigenvalue weighted by atomic mass is 16.6. The minimum atomic E-state index is -0.802. The van der Waals surface area contributed by atoms with Crippen LogP contribution in [0.4, 0.5) is 0 Å². The Morgan fingerprint density at radius 2 is 0.705 bits per heavy atom. The van der Waals surface area contributed by atoms with Gasteiger partial charge in [-0.25, -0.2) is 0 Å². The molecular formula is C55H94O6. The molecule has 0 saturated heterocycles. The van der Waals surface area contributed by atoms with E-state index in [-0.39, 0.29) is 37.5 Å². The lowest BCUT2D eigenvalue weighted by atomic mass is 10.1. The van der Waals surface area contributed by atoms with Crippen LogP contribution < -0.4 is 0 Å². The van der Waals surface area contributed by atoms with Crippen molar-refractivity contribution in [1.29, 1.82) is 0 Å². The number of ether oxygens (including phenoxy) is 3. The van der Waals surface area contributed by atoms with E-state index < -0.39 is 6.10 Å². The van der Waals surface area contributed by atoms with Crippen molar-refractivity contribution < 1.29 is 28.6 Å². The monoisotopic (exact) mass is 851 g/mol. The zero-order valence-electron chi connectivity index (χ0n) is 39.9. The maximum atomic E-state index is 12.8. The van der Waals surface area contributed by atoms with Crippen LogP contribution in [-0.4, -0.2) is 37.2 Å². The van der Waals surface area contributed by atoms with Gasteiger partial charge >= 0.3 is 17.9 Å². The van der Waals surface area contributed by atoms with Crippen molar-refractivity contribution in [2.75, 3.05) is 13.2 Å². The fourth-order valence-corrected chi connectivity index (χ4v) is 6.86. The summed E-state index contributed by atoms with van der Waals surface area (Å²) in [7, 11) is 0. The summed E-state index contributed by atoms with van der Waals surface area (Å²) in [5.74, 6) is -0.971. The van der Waals surface area contributed by atoms with Crippen LogP contribution in [0.25, 0.3) is 0 Å². The quantitative estimate of drug-likeness (QED) is 0.0200. The highest BCUT2D eigenvalue weighted by Gasteiger charge is 2.19. The van der Waals surface area contributed by atoms with E-state index in [2.05, 4.69) is 93.7 Å². The van der Waals surface area contributed by atoms with Crippen molar-refractivity contribution >= 4 is 17.9 Å². The van der Waals surface area contributed by atoms with Gasteiger partial charge in [0.05, 0.1) is 0 Å². The van der Waals surface area contributed by atoms with Gasteiger partial charge in [0, 0.05) is 19.3 Å². The summed E-state index contributed by atoms with van der Waals surface area (Å²) in [6.07, 6.45) is 61.8. The minimum absolute atomic E-state index is 0.0984. The molecule has 1 unspecified atom stereocenters. The molecular weight excluding hydrogens is 757 g/mol. The molecule has 0 rings (SSSR count). The summed E-state index contributed by atoms with van der Waals surface area (Å²) in [6.45, 7) is 6.42. The predicted octanol–water partition coefficient (Wildman–Crippen LogP) is 16.6. The largest absolute Gasteiger partial charge is 0.462 e. The minimum Gasteiger partial charge on any atom is -0.462 e. The third-order valence-electron chi connectivity index (χ3n) is 10.7. The lowest BCUT2D eigenvalue weighted by Gasteiger charge is -2.18. The summed E-state index contributed by atoms with van der Waals surface area (Å²) >= 11 is 0. The summed E-state index contributed by atoms with van der Waals surface area (Å²) in [4.78, 5) is 37.9. The van der Waals surface area contributed by atoms with Crippen LogP contribution in [0, 0.1) is 0 Å². The molecule has 61 heavy (non-hydrogen) atoms. The zero-order chi connectivity index (χ0) is 44.4. The van der Waals surface area contributed by atoms with Crippen molar-refractivity contribution in [3.05, 3.63) is 72.9 Å². The van der Waals surface area contributed by atoms with Crippen LogP contribution in [0.5, 0.6) is 0 Å². The van der Waals surface area contributed by atoms with Crippen LogP contribution in [0.1, 0.15) is 239 Å². The molecule has 6 nitrogen and oxygen atoms in total. The number of rotatable bonds is 45. The van der Waals surface area contributed by atoms with E-state index in [9.17, 15) is 14.4 Å². The predicted molar refractivity (Wildman–Crippen MR) is 261 cm³/mol. The van der Waals surface area contributed by atoms with Crippen LogP contribution >= 0.6 is 0 Å². The van der Waals surface area contributed by atoms with Crippen LogP contribution in [0.15, 0.2) is 72.9 Å². The Bertz CT molecular complexity index is 1160. The molecule has 0 aliphatic heterocycles. The first kappa shape index (κ1) is 57.9. The molecule has 0 aliphatic rings. The first-order valence-corrected chi connectivity index (χ1v) is 25.5. The summed E-state index contributed by atoms with van der Waals surface area (Å²) in [6, 6.07) is 0. The molecule has 0 saturated carbocycles. The van der Waals surface area contributed by atoms with Gasteiger partial charge in [-0.15, -0.1) is 0 Å². The second-order valence-corrected chi connectivity index (χ2v) is 16.7. The van der Waals surface area contributed by atoms with Crippen molar-refractivity contribution in [2.24, 2.45) is 0 Å². The lowest BCUT2D eigenvalue weighted by Crippen LogP contribution is -2.30. The maximum absolute atomic E-state index is 12.8. The van der Waals surface area contributed by atoms with Crippen LogP contribution in [0.2, 0.25) is 0 Å². The molecule has 0 radical (unpaired) electrons. The smallest absolute Gasteiger partial charge is 0.306 e. The van der Waals surface area contributed by atoms with Gasteiger partial charge in [0.25, 0.3) is 0 Å². The SMILES string of the molecule is CC/C=C\C/C=C\C/C=C\CCCC(=O)OCC(COC(=O)CCCCCCCCC/C=C\CCCCCCCC)OC(=O)CCCCCCCC/C=C\C=C/CCCCC. The van der Waals surface area contributed by atoms with E-state index in [1.165, 1.54) is 116 Å². The number of carbonyl (C=O) groups is 3. The van der Waals surface area contributed by atoms with Crippen LogP contribution in [0.3, 0.4) is 0 Å². The highest BCUT2D eigenvalue weighted by molar-refractivity contribution is 5.71. The molecule has 6 heteroatoms. The molecule has 0 aromatic rings. The van der Waals surface area contributed by atoms with E-state index in [4.69, 9.17) is 14.2 Å². The fraction of sp³-hybridized carbons (Fsp3) is 0.727. The Morgan fingerprint density at radius 3 is 1.21 bits per heavy atom. The summed E-state index contributed by atoms with van der Waals surface area (Å²) in [5.41, 5.74) is 0. The molecule has 0 fully saturated rings. The Morgan fingerprint density at radius 1 is 0.361 bits per heavy atom. The molecule has 1 atom stereocenters. The Labute approximate surface area is 376 Å². The van der Waals surface area contributed by atoms with E-state index in [0.29, 0.717) is 19.3 Å². The topological polar surface area (TPSA) is 78.9 Å². The van der Waals surface area contributed by atoms with Gasteiger partial charge in [-0.05, 0) is 96.3 Å². The summed E-state index contributed by atoms with van der Waals surface area (Å²) < 4.78 is 16.7. The molecule has 0 heterocycles. The first-order valence-electron chi connectivity index (χ1n) is 25.5. The normalized spacial score (nSPS) is 12.6. The van der Waals surface area contributed by atoms with Gasteiger partial charge < -0.3 is 14.2 Å². The number of unbranched alkanes of at least 4 members (excludes halogenated alkanes) is 23. The Kier molecular flexibility index (Phi) is 46.9. The molecule has 350 valence electrons. The van der Waals surface area contributed by atoms with Gasteiger partial charge in [-0.1, -0.05) is 196 Å². The van der Waals surface area contributed by atoms with Crippen molar-refractivity contribution in [3.8, 4) is 0 Å². The average molecular weight is 851 g/mol. The second kappa shape index (κ2) is 49.5. The zero-order valence-corrected chi connectivity index (χ0v) is 39.9. The number of allylic oxidation sites excluding steroid dienone is 12. The van der Waals surface area contributed by atoms with E-state index >= 15 is 0 Å². The molecule has 0 spiro atoms. The second-order valence-electron chi connectivity index (χ2n) is 16.7. The van der Waals surface area contributed by atoms with Crippen molar-refractivity contribution in [2.45, 2.75) is 245 Å². The van der Waals surface area contributed by atoms with Gasteiger partial charge in [-0.2, -0.15) is 0 Å². The number of hydrogen-bond donors (Lipinski definition) is 0. The maximum Gasteiger partial charge on any atom is 0.306 e. The fourth-order valence-electron chi connectivity index (χ4n) is 6.86. The number of carbonyl (C=O) groups excluding carboxylic acids is 3. The van der Waals surface area contributed by atoms with E-state index in [1.807, 2.05) is 0 Å². The third kappa shape index (κ3) is 47.7. The van der Waals surface area contributed by atoms with Gasteiger partial charge in [-0.3, -0.25) is 14.4 Å². The van der Waals surface area contributed by atoms with Gasteiger partial charge in [0.15, 0.2) is 6.10 Å². The lowest BCUT2D eigenvalue weighted by molar-refractivity contribution is -0.167. The van der Waals surface area contributed by atoms with Gasteiger partial charge in [0.1, 0.15) is 13.2 Å². The van der Waals surface area contributed by atoms with Crippen LogP contribution in [-0.2, 0) is 28.6 Å². The van der Waals surface area contributed by atoms with Crippen molar-refractivity contribution in [3.63, 3.8) is 0 Å². The molecule has 0 bridgehead atoms. The molecule has 0 N–H and O–H groups in total. The molecule has 0 aromatic heterocycles. The van der Waals surface area contributed by atoms with E-state index in [0.717, 1.165) is 77.0 Å². The Hall–Kier alpha value is -3.15. The summed E-state index contributed by atoms with van der Waals surface area (Å²) in [5, 5.41) is 0. The molecule has 0 amide bonds. The average Bonchev–Trinajstić information content (AvgIpc) is 3.26. The highest BCUT2D eigenvalue weighted by Crippen LogP contribution is 2.14. The molecule has 0 aliphatic carbocycles. The number of esters is 3. The van der Waals surface area contributed by atoms with Crippen molar-refractivity contribution in [1.82, 2.24) is 0 Å². The standard InChI is InChI=1S/C55H94O6/c1-4-7-10-13-16-19-22-24-26-27-29-30-33-36-39-42-45-48-54(57)60-51-52(50-59-53(56)47-44-41-38-35-32-21-18-15-12-9-6-3)61-55(58)49-46-43-40-37-34-31-28-25-23-20-17-14-11-8-5-2/h9,12,17-18,20-21,23-26,35,38,52H,4-8,10-11,13-16,19,22,27-34,36-37,39-51H2,1-3H3/b12-9-,20-17-,21-18-,25-23-,26-24-,38-35-. The third-order valence-corrected chi connectivity index (χ3v) is 10.7. The first-order chi connectivity index (χ1) is 30.0. The Balaban J connectivity index is 4.42. The van der Waals surface area contributed by atoms with E-state index in [1.54, 1.807) is 0 Å². The van der Waals surface area contributed by atoms with Gasteiger partial charge in [0.2, 0.25) is 0 Å². The number of hydrogen-bond acceptors (Lipinski definition) is 6. The molecule has 0 aromatic carbocycles.